The Morgan fingerprint density at radius 3 is 2.40 bits per heavy atom. The number of aromatic nitrogens is 2. The van der Waals surface area contributed by atoms with Crippen LogP contribution in [-0.4, -0.2) is 15.5 Å². The molecule has 0 aliphatic heterocycles. The Hall–Kier alpha value is -3.16. The summed E-state index contributed by atoms with van der Waals surface area (Å²) in [6.07, 6.45) is -0.154. The second kappa shape index (κ2) is 6.39. The Morgan fingerprint density at radius 1 is 1.08 bits per heavy atom. The minimum absolute atomic E-state index is 0.0397. The van der Waals surface area contributed by atoms with Gasteiger partial charge in [0.1, 0.15) is 5.82 Å². The third kappa shape index (κ3) is 3.68. The monoisotopic (exact) mass is 349 g/mol. The molecule has 4 nitrogen and oxygen atoms in total. The van der Waals surface area contributed by atoms with Crippen LogP contribution in [-0.2, 0) is 6.18 Å². The third-order valence-corrected chi connectivity index (χ3v) is 3.46. The summed E-state index contributed by atoms with van der Waals surface area (Å²) in [5, 5.41) is 2.44. The van der Waals surface area contributed by atoms with E-state index in [4.69, 9.17) is 0 Å². The molecule has 2 aromatic carbocycles. The van der Waals surface area contributed by atoms with Crippen LogP contribution in [0.25, 0.3) is 5.69 Å². The van der Waals surface area contributed by atoms with Gasteiger partial charge in [-0.3, -0.25) is 4.79 Å². The highest BCUT2D eigenvalue weighted by atomic mass is 19.4. The zero-order chi connectivity index (χ0) is 18.0. The van der Waals surface area contributed by atoms with Crippen LogP contribution in [0.1, 0.15) is 15.9 Å². The minimum Gasteiger partial charge on any atom is -0.320 e. The summed E-state index contributed by atoms with van der Waals surface area (Å²) in [4.78, 5) is 16.1. The molecule has 0 saturated carbocycles. The van der Waals surface area contributed by atoms with Gasteiger partial charge in [0.25, 0.3) is 5.91 Å². The van der Waals surface area contributed by atoms with E-state index in [0.29, 0.717) is 5.69 Å². The molecule has 0 bridgehead atoms. The number of alkyl halides is 3. The number of nitrogens with zero attached hydrogens (tertiary/aromatic N) is 2. The van der Waals surface area contributed by atoms with E-state index in [-0.39, 0.29) is 11.3 Å². The van der Waals surface area contributed by atoms with E-state index in [1.165, 1.54) is 41.5 Å². The molecule has 8 heteroatoms. The summed E-state index contributed by atoms with van der Waals surface area (Å²) in [6, 6.07) is 7.68. The highest BCUT2D eigenvalue weighted by Gasteiger charge is 2.31. The normalized spacial score (nSPS) is 11.4. The number of hydrogen-bond donors (Lipinski definition) is 1. The van der Waals surface area contributed by atoms with E-state index in [1.807, 2.05) is 0 Å². The average molecular weight is 349 g/mol. The molecule has 0 saturated heterocycles. The molecule has 25 heavy (non-hydrogen) atoms. The lowest BCUT2D eigenvalue weighted by atomic mass is 10.1. The fourth-order valence-electron chi connectivity index (χ4n) is 2.24. The largest absolute Gasteiger partial charge is 0.416 e. The number of carbonyl (C=O) groups excluding carboxylic acids is 1. The number of carbonyl (C=O) groups is 1. The summed E-state index contributed by atoms with van der Waals surface area (Å²) in [7, 11) is 0. The van der Waals surface area contributed by atoms with Gasteiger partial charge in [0.15, 0.2) is 0 Å². The third-order valence-electron chi connectivity index (χ3n) is 3.46. The van der Waals surface area contributed by atoms with Gasteiger partial charge in [-0.1, -0.05) is 0 Å². The number of nitrogens with one attached hydrogen (secondary N) is 1. The van der Waals surface area contributed by atoms with Crippen LogP contribution in [0.15, 0.2) is 61.2 Å². The van der Waals surface area contributed by atoms with Crippen molar-refractivity contribution in [3.63, 3.8) is 0 Å². The molecule has 1 heterocycles. The fraction of sp³-hybridized carbons (Fsp3) is 0.0588. The second-order valence-corrected chi connectivity index (χ2v) is 5.16. The van der Waals surface area contributed by atoms with E-state index in [9.17, 15) is 22.4 Å². The fourth-order valence-corrected chi connectivity index (χ4v) is 2.24. The lowest BCUT2D eigenvalue weighted by Crippen LogP contribution is -2.15. The minimum atomic E-state index is -4.55. The van der Waals surface area contributed by atoms with Gasteiger partial charge in [0, 0.05) is 18.0 Å². The van der Waals surface area contributed by atoms with Crippen LogP contribution in [0.5, 0.6) is 0 Å². The summed E-state index contributed by atoms with van der Waals surface area (Å²) in [5.41, 5.74) is -0.496. The molecule has 1 amide bonds. The van der Waals surface area contributed by atoms with Gasteiger partial charge in [-0.05, 0) is 42.5 Å². The SMILES string of the molecule is O=C(Nc1cc(C(F)(F)F)ccc1-n1ccnc1)c1ccc(F)cc1. The maximum absolute atomic E-state index is 13.0. The van der Waals surface area contributed by atoms with Gasteiger partial charge in [-0.15, -0.1) is 0 Å². The van der Waals surface area contributed by atoms with Crippen molar-refractivity contribution in [1.29, 1.82) is 0 Å². The van der Waals surface area contributed by atoms with Gasteiger partial charge < -0.3 is 9.88 Å². The molecule has 0 aliphatic carbocycles. The molecule has 3 aromatic rings. The van der Waals surface area contributed by atoms with E-state index in [0.717, 1.165) is 24.3 Å². The van der Waals surface area contributed by atoms with Crippen molar-refractivity contribution in [2.45, 2.75) is 6.18 Å². The van der Waals surface area contributed by atoms with Gasteiger partial charge in [0.2, 0.25) is 0 Å². The van der Waals surface area contributed by atoms with E-state index < -0.39 is 23.5 Å². The molecule has 1 aromatic heterocycles. The van der Waals surface area contributed by atoms with E-state index >= 15 is 0 Å². The first-order chi connectivity index (χ1) is 11.8. The number of benzene rings is 2. The number of amides is 1. The molecule has 0 fully saturated rings. The maximum Gasteiger partial charge on any atom is 0.416 e. The Kier molecular flexibility index (Phi) is 4.26. The second-order valence-electron chi connectivity index (χ2n) is 5.16. The van der Waals surface area contributed by atoms with Crippen LogP contribution in [0.3, 0.4) is 0 Å². The van der Waals surface area contributed by atoms with Crippen LogP contribution in [0.2, 0.25) is 0 Å². The first kappa shape index (κ1) is 16.7. The Morgan fingerprint density at radius 2 is 1.80 bits per heavy atom. The Balaban J connectivity index is 2.00. The average Bonchev–Trinajstić information content (AvgIpc) is 3.08. The maximum atomic E-state index is 13.0. The number of imidazole rings is 1. The lowest BCUT2D eigenvalue weighted by Gasteiger charge is -2.15. The topological polar surface area (TPSA) is 46.9 Å². The van der Waals surface area contributed by atoms with Gasteiger partial charge in [-0.2, -0.15) is 13.2 Å². The van der Waals surface area contributed by atoms with Crippen molar-refractivity contribution in [3.8, 4) is 5.69 Å². The van der Waals surface area contributed by atoms with Gasteiger partial charge in [-0.25, -0.2) is 9.37 Å². The van der Waals surface area contributed by atoms with Crippen molar-refractivity contribution >= 4 is 11.6 Å². The van der Waals surface area contributed by atoms with Crippen molar-refractivity contribution in [3.05, 3.63) is 78.1 Å². The van der Waals surface area contributed by atoms with Crippen molar-refractivity contribution in [1.82, 2.24) is 9.55 Å². The van der Waals surface area contributed by atoms with Crippen LogP contribution < -0.4 is 5.32 Å². The summed E-state index contributed by atoms with van der Waals surface area (Å²) in [6.45, 7) is 0. The molecule has 1 N–H and O–H groups in total. The Bertz CT molecular complexity index is 887. The molecule has 128 valence electrons. The summed E-state index contributed by atoms with van der Waals surface area (Å²) >= 11 is 0. The summed E-state index contributed by atoms with van der Waals surface area (Å²) in [5.74, 6) is -1.17. The van der Waals surface area contributed by atoms with Crippen molar-refractivity contribution in [2.75, 3.05) is 5.32 Å². The van der Waals surface area contributed by atoms with Crippen molar-refractivity contribution < 1.29 is 22.4 Å². The molecule has 3 rings (SSSR count). The molecule has 0 atom stereocenters. The number of rotatable bonds is 3. The zero-order valence-electron chi connectivity index (χ0n) is 12.6. The van der Waals surface area contributed by atoms with Crippen LogP contribution in [0.4, 0.5) is 23.2 Å². The van der Waals surface area contributed by atoms with Crippen LogP contribution in [0, 0.1) is 5.82 Å². The van der Waals surface area contributed by atoms with Gasteiger partial charge in [0.05, 0.1) is 23.3 Å². The number of hydrogen-bond acceptors (Lipinski definition) is 2. The highest BCUT2D eigenvalue weighted by molar-refractivity contribution is 6.05. The predicted molar refractivity (Wildman–Crippen MR) is 82.9 cm³/mol. The lowest BCUT2D eigenvalue weighted by molar-refractivity contribution is -0.137. The first-order valence-electron chi connectivity index (χ1n) is 7.11. The summed E-state index contributed by atoms with van der Waals surface area (Å²) < 4.78 is 53.3. The number of halogens is 4. The quantitative estimate of drug-likeness (QED) is 0.718. The molecule has 0 aliphatic rings. The highest BCUT2D eigenvalue weighted by Crippen LogP contribution is 2.33. The first-order valence-corrected chi connectivity index (χ1v) is 7.11. The van der Waals surface area contributed by atoms with Gasteiger partial charge >= 0.3 is 6.18 Å². The molecule has 0 unspecified atom stereocenters. The molecule has 0 spiro atoms. The molecular weight excluding hydrogens is 338 g/mol. The Labute approximate surface area is 139 Å². The van der Waals surface area contributed by atoms with E-state index in [1.54, 1.807) is 0 Å². The van der Waals surface area contributed by atoms with Crippen molar-refractivity contribution in [2.24, 2.45) is 0 Å². The molecular formula is C17H11F4N3O. The van der Waals surface area contributed by atoms with Crippen LogP contribution >= 0.6 is 0 Å². The van der Waals surface area contributed by atoms with E-state index in [2.05, 4.69) is 10.3 Å². The predicted octanol–water partition coefficient (Wildman–Crippen LogP) is 4.28. The smallest absolute Gasteiger partial charge is 0.320 e. The zero-order valence-corrected chi connectivity index (χ0v) is 12.6. The molecule has 0 radical (unpaired) electrons. The number of anilines is 1. The standard InChI is InChI=1S/C17H11F4N3O/c18-13-4-1-11(2-5-13)16(25)23-14-9-12(17(19,20)21)3-6-15(14)24-8-7-22-10-24/h1-10H,(H,23,25).